The van der Waals surface area contributed by atoms with E-state index >= 15 is 0 Å². The number of piperidine rings is 1. The lowest BCUT2D eigenvalue weighted by molar-refractivity contribution is 0.0543. The van der Waals surface area contributed by atoms with Gasteiger partial charge in [0.15, 0.2) is 0 Å². The van der Waals surface area contributed by atoms with Crippen molar-refractivity contribution >= 4 is 11.9 Å². The highest BCUT2D eigenvalue weighted by molar-refractivity contribution is 6.00. The van der Waals surface area contributed by atoms with Crippen LogP contribution in [-0.2, 0) is 24.1 Å². The van der Waals surface area contributed by atoms with Crippen molar-refractivity contribution in [1.82, 2.24) is 14.8 Å². The molecule has 3 aromatic rings. The van der Waals surface area contributed by atoms with E-state index in [4.69, 9.17) is 9.47 Å². The minimum Gasteiger partial charge on any atom is -0.493 e. The van der Waals surface area contributed by atoms with Gasteiger partial charge in [0.25, 0.3) is 5.91 Å². The molecule has 0 unspecified atom stereocenters. The van der Waals surface area contributed by atoms with Crippen molar-refractivity contribution in [3.05, 3.63) is 81.9 Å². The second-order valence-electron chi connectivity index (χ2n) is 11.9. The third-order valence-corrected chi connectivity index (χ3v) is 9.05. The van der Waals surface area contributed by atoms with E-state index in [1.165, 1.54) is 30.4 Å². The average Bonchev–Trinajstić information content (AvgIpc) is 3.87. The number of nitrogens with zero attached hydrogens (tertiary/aromatic N) is 3. The zero-order chi connectivity index (χ0) is 30.1. The van der Waals surface area contributed by atoms with Crippen LogP contribution in [0.2, 0.25) is 0 Å². The van der Waals surface area contributed by atoms with Crippen LogP contribution in [0.15, 0.2) is 42.5 Å². The zero-order valence-electron chi connectivity index (χ0n) is 25.3. The lowest BCUT2D eigenvalue weighted by Crippen LogP contribution is -2.50. The van der Waals surface area contributed by atoms with Gasteiger partial charge in [0.05, 0.1) is 36.2 Å². The van der Waals surface area contributed by atoms with Gasteiger partial charge in [-0.2, -0.15) is 0 Å². The lowest BCUT2D eigenvalue weighted by Gasteiger charge is -2.40. The highest BCUT2D eigenvalue weighted by atomic mass is 19.1. The van der Waals surface area contributed by atoms with Gasteiger partial charge in [-0.3, -0.25) is 14.7 Å². The number of benzene rings is 2. The summed E-state index contributed by atoms with van der Waals surface area (Å²) in [5, 5.41) is 0. The molecule has 43 heavy (non-hydrogen) atoms. The Bertz CT molecular complexity index is 1510. The summed E-state index contributed by atoms with van der Waals surface area (Å²) >= 11 is 0. The summed E-state index contributed by atoms with van der Waals surface area (Å²) < 4.78 is 24.8. The molecule has 1 aliphatic carbocycles. The summed E-state index contributed by atoms with van der Waals surface area (Å²) in [6, 6.07) is 13.1. The van der Waals surface area contributed by atoms with Crippen LogP contribution >= 0.6 is 0 Å². The number of hydrogen-bond acceptors (Lipinski definition) is 6. The van der Waals surface area contributed by atoms with Crippen molar-refractivity contribution in [2.45, 2.75) is 70.9 Å². The minimum atomic E-state index is -0.451. The van der Waals surface area contributed by atoms with Crippen LogP contribution in [0.1, 0.15) is 88.7 Å². The molecule has 3 heterocycles. The molecular weight excluding hydrogens is 545 g/mol. The minimum absolute atomic E-state index is 0.0354. The Hall–Kier alpha value is -3.78. The van der Waals surface area contributed by atoms with Gasteiger partial charge in [-0.1, -0.05) is 25.1 Å². The molecule has 1 saturated carbocycles. The van der Waals surface area contributed by atoms with E-state index in [1.54, 1.807) is 6.07 Å². The number of halogens is 1. The largest absolute Gasteiger partial charge is 0.493 e. The summed E-state index contributed by atoms with van der Waals surface area (Å²) in [4.78, 5) is 35.1. The Morgan fingerprint density at radius 1 is 1.02 bits per heavy atom. The number of likely N-dealkylation sites (tertiary alicyclic amines) is 1. The van der Waals surface area contributed by atoms with Gasteiger partial charge >= 0.3 is 5.97 Å². The van der Waals surface area contributed by atoms with Crippen molar-refractivity contribution < 1.29 is 23.5 Å². The summed E-state index contributed by atoms with van der Waals surface area (Å²) in [6.45, 7) is 7.77. The average molecular weight is 586 g/mol. The first-order chi connectivity index (χ1) is 20.9. The molecule has 1 aromatic heterocycles. The van der Waals surface area contributed by atoms with Crippen LogP contribution in [0.4, 0.5) is 4.39 Å². The second-order valence-corrected chi connectivity index (χ2v) is 11.9. The number of ether oxygens (including phenoxy) is 2. The molecule has 0 bridgehead atoms. The third-order valence-electron chi connectivity index (χ3n) is 9.05. The van der Waals surface area contributed by atoms with E-state index in [-0.39, 0.29) is 17.8 Å². The molecule has 3 aliphatic rings. The number of aromatic nitrogens is 1. The molecule has 0 spiro atoms. The highest BCUT2D eigenvalue weighted by Gasteiger charge is 2.35. The monoisotopic (exact) mass is 585 g/mol. The first kappa shape index (κ1) is 29.3. The third kappa shape index (κ3) is 6.03. The predicted molar refractivity (Wildman–Crippen MR) is 163 cm³/mol. The maximum atomic E-state index is 13.7. The molecule has 0 N–H and O–H groups in total. The Kier molecular flexibility index (Phi) is 8.48. The van der Waals surface area contributed by atoms with Gasteiger partial charge in [0, 0.05) is 44.2 Å². The molecule has 1 saturated heterocycles. The smallest absolute Gasteiger partial charge is 0.339 e. The second kappa shape index (κ2) is 12.4. The van der Waals surface area contributed by atoms with Gasteiger partial charge in [0.1, 0.15) is 11.6 Å². The summed E-state index contributed by atoms with van der Waals surface area (Å²) in [7, 11) is 1.35. The molecule has 1 amide bonds. The van der Waals surface area contributed by atoms with Crippen molar-refractivity contribution in [1.29, 1.82) is 0 Å². The number of hydrogen-bond donors (Lipinski definition) is 0. The number of pyridine rings is 1. The van der Waals surface area contributed by atoms with Gasteiger partial charge in [-0.05, 0) is 85.9 Å². The Morgan fingerprint density at radius 3 is 2.42 bits per heavy atom. The van der Waals surface area contributed by atoms with Crippen LogP contribution < -0.4 is 4.74 Å². The fraction of sp³-hybridized carbons (Fsp3) is 0.457. The molecule has 2 aromatic carbocycles. The van der Waals surface area contributed by atoms with Crippen molar-refractivity contribution in [3.63, 3.8) is 0 Å². The first-order valence-corrected chi connectivity index (χ1v) is 15.6. The standard InChI is InChI=1S/C35H40FN3O4/c1-4-30-29(35(41)42-3)20-28-31(37-30)14-17-39(34(28)40)26-12-15-38(16-13-26)21-22-18-27(23-6-7-23)33(32(19-22)43-5-2)24-8-10-25(36)11-9-24/h8-11,18-20,23,26H,4-7,12-17,21H2,1-3H3. The van der Waals surface area contributed by atoms with Crippen LogP contribution in [0.3, 0.4) is 0 Å². The lowest BCUT2D eigenvalue weighted by atomic mass is 9.92. The number of carbonyl (C=O) groups excluding carboxylic acids is 2. The number of aryl methyl sites for hydroxylation is 1. The van der Waals surface area contributed by atoms with Gasteiger partial charge in [-0.15, -0.1) is 0 Å². The van der Waals surface area contributed by atoms with E-state index in [2.05, 4.69) is 22.0 Å². The Labute approximate surface area is 253 Å². The van der Waals surface area contributed by atoms with E-state index < -0.39 is 5.97 Å². The number of fused-ring (bicyclic) bond motifs is 1. The number of rotatable bonds is 9. The van der Waals surface area contributed by atoms with E-state index in [1.807, 2.05) is 30.9 Å². The van der Waals surface area contributed by atoms with Gasteiger partial charge in [0.2, 0.25) is 0 Å². The maximum Gasteiger partial charge on any atom is 0.339 e. The van der Waals surface area contributed by atoms with Crippen LogP contribution in [0.25, 0.3) is 11.1 Å². The SMILES string of the molecule is CCOc1cc(CN2CCC(N3CCc4nc(CC)c(C(=O)OC)cc4C3=O)CC2)cc(C2CC2)c1-c1ccc(F)cc1. The Morgan fingerprint density at radius 2 is 1.77 bits per heavy atom. The molecule has 7 nitrogen and oxygen atoms in total. The van der Waals surface area contributed by atoms with E-state index in [9.17, 15) is 14.0 Å². The molecule has 0 atom stereocenters. The number of carbonyl (C=O) groups is 2. The normalized spacial score (nSPS) is 17.6. The summed E-state index contributed by atoms with van der Waals surface area (Å²) in [6.07, 6.45) is 5.42. The molecule has 8 heteroatoms. The maximum absolute atomic E-state index is 13.7. The highest BCUT2D eigenvalue weighted by Crippen LogP contribution is 2.48. The fourth-order valence-corrected chi connectivity index (χ4v) is 6.70. The molecular formula is C35H40FN3O4. The van der Waals surface area contributed by atoms with Crippen molar-refractivity contribution in [3.8, 4) is 16.9 Å². The number of amides is 1. The van der Waals surface area contributed by atoms with Gasteiger partial charge in [-0.25, -0.2) is 9.18 Å². The fourth-order valence-electron chi connectivity index (χ4n) is 6.70. The molecule has 226 valence electrons. The number of esters is 1. The summed E-state index contributed by atoms with van der Waals surface area (Å²) in [5.41, 5.74) is 6.99. The molecule has 2 aliphatic heterocycles. The zero-order valence-corrected chi connectivity index (χ0v) is 25.3. The quantitative estimate of drug-likeness (QED) is 0.280. The predicted octanol–water partition coefficient (Wildman–Crippen LogP) is 6.18. The van der Waals surface area contributed by atoms with Crippen LogP contribution in [-0.4, -0.2) is 66.1 Å². The first-order valence-electron chi connectivity index (χ1n) is 15.6. The molecule has 6 rings (SSSR count). The van der Waals surface area contributed by atoms with Crippen molar-refractivity contribution in [2.24, 2.45) is 0 Å². The topological polar surface area (TPSA) is 72.0 Å². The van der Waals surface area contributed by atoms with Crippen molar-refractivity contribution in [2.75, 3.05) is 33.4 Å². The van der Waals surface area contributed by atoms with Gasteiger partial charge < -0.3 is 14.4 Å². The number of methoxy groups -OCH3 is 1. The Balaban J connectivity index is 1.16. The molecule has 2 fully saturated rings. The summed E-state index contributed by atoms with van der Waals surface area (Å²) in [5.74, 6) is 0.659. The van der Waals surface area contributed by atoms with E-state index in [0.717, 1.165) is 67.9 Å². The molecule has 0 radical (unpaired) electrons. The van der Waals surface area contributed by atoms with Crippen LogP contribution in [0, 0.1) is 5.82 Å². The van der Waals surface area contributed by atoms with Crippen LogP contribution in [0.5, 0.6) is 5.75 Å². The van der Waals surface area contributed by atoms with E-state index in [0.29, 0.717) is 48.7 Å².